The summed E-state index contributed by atoms with van der Waals surface area (Å²) in [5.41, 5.74) is 0.806. The second kappa shape index (κ2) is 7.63. The molecular formula is C18H25N5O2. The quantitative estimate of drug-likeness (QED) is 0.901. The van der Waals surface area contributed by atoms with Crippen molar-refractivity contribution in [2.24, 2.45) is 11.8 Å². The van der Waals surface area contributed by atoms with Crippen LogP contribution in [-0.2, 0) is 11.3 Å². The summed E-state index contributed by atoms with van der Waals surface area (Å²) in [7, 11) is 1.61. The lowest BCUT2D eigenvalue weighted by molar-refractivity contribution is -0.123. The lowest BCUT2D eigenvalue weighted by atomic mass is 9.78. The van der Waals surface area contributed by atoms with Crippen molar-refractivity contribution in [1.82, 2.24) is 25.5 Å². The largest absolute Gasteiger partial charge is 0.497 e. The van der Waals surface area contributed by atoms with Crippen molar-refractivity contribution in [3.63, 3.8) is 0 Å². The maximum Gasteiger partial charge on any atom is 0.243 e. The molecule has 1 N–H and O–H groups in total. The van der Waals surface area contributed by atoms with Crippen molar-refractivity contribution < 1.29 is 9.53 Å². The van der Waals surface area contributed by atoms with Crippen molar-refractivity contribution >= 4 is 5.91 Å². The van der Waals surface area contributed by atoms with E-state index >= 15 is 0 Å². The Labute approximate surface area is 147 Å². The number of benzene rings is 1. The Bertz CT molecular complexity index is 730. The van der Waals surface area contributed by atoms with Crippen LogP contribution in [0.5, 0.6) is 5.75 Å². The lowest BCUT2D eigenvalue weighted by Gasteiger charge is -2.34. The Kier molecular flexibility index (Phi) is 5.31. The number of ether oxygens (including phenoxy) is 1. The van der Waals surface area contributed by atoms with Gasteiger partial charge >= 0.3 is 0 Å². The standard InChI is InChI=1S/C18H25N5O2/c1-12-6-4-9-16(13(12)2)19-17(24)11-23-21-18(20-22-23)14-7-5-8-15(10-14)25-3/h5,7-8,10,12-13,16H,4,6,9,11H2,1-3H3,(H,19,24). The average Bonchev–Trinajstić information content (AvgIpc) is 3.07. The van der Waals surface area contributed by atoms with Gasteiger partial charge in [0, 0.05) is 11.6 Å². The van der Waals surface area contributed by atoms with E-state index in [4.69, 9.17) is 4.74 Å². The van der Waals surface area contributed by atoms with E-state index in [1.165, 1.54) is 11.2 Å². The topological polar surface area (TPSA) is 81.9 Å². The molecule has 0 spiro atoms. The molecule has 0 aliphatic heterocycles. The monoisotopic (exact) mass is 343 g/mol. The Hall–Kier alpha value is -2.44. The van der Waals surface area contributed by atoms with Gasteiger partial charge in [-0.3, -0.25) is 4.79 Å². The first kappa shape index (κ1) is 17.4. The van der Waals surface area contributed by atoms with Crippen LogP contribution in [0.25, 0.3) is 11.4 Å². The molecule has 1 aliphatic carbocycles. The minimum Gasteiger partial charge on any atom is -0.497 e. The number of amides is 1. The minimum atomic E-state index is -0.0689. The van der Waals surface area contributed by atoms with E-state index in [2.05, 4.69) is 34.6 Å². The fourth-order valence-corrected chi connectivity index (χ4v) is 3.35. The van der Waals surface area contributed by atoms with Gasteiger partial charge in [-0.15, -0.1) is 10.2 Å². The SMILES string of the molecule is COc1cccc(-c2nnn(CC(=O)NC3CCCC(C)C3C)n2)c1. The first-order valence-electron chi connectivity index (χ1n) is 8.78. The number of hydrogen-bond donors (Lipinski definition) is 1. The second-order valence-corrected chi connectivity index (χ2v) is 6.82. The summed E-state index contributed by atoms with van der Waals surface area (Å²) in [6.07, 6.45) is 3.44. The highest BCUT2D eigenvalue weighted by Gasteiger charge is 2.28. The summed E-state index contributed by atoms with van der Waals surface area (Å²) in [6.45, 7) is 4.54. The number of tetrazole rings is 1. The summed E-state index contributed by atoms with van der Waals surface area (Å²) >= 11 is 0. The van der Waals surface area contributed by atoms with E-state index in [0.717, 1.165) is 24.2 Å². The van der Waals surface area contributed by atoms with Crippen LogP contribution in [0.1, 0.15) is 33.1 Å². The highest BCUT2D eigenvalue weighted by Crippen LogP contribution is 2.29. The molecule has 0 saturated heterocycles. The molecule has 3 atom stereocenters. The number of carbonyl (C=O) groups excluding carboxylic acids is 1. The zero-order chi connectivity index (χ0) is 17.8. The predicted molar refractivity (Wildman–Crippen MR) is 93.9 cm³/mol. The third kappa shape index (κ3) is 4.15. The molecule has 0 radical (unpaired) electrons. The van der Waals surface area contributed by atoms with Gasteiger partial charge in [-0.25, -0.2) is 0 Å². The van der Waals surface area contributed by atoms with Crippen molar-refractivity contribution in [3.05, 3.63) is 24.3 Å². The minimum absolute atomic E-state index is 0.0689. The number of nitrogens with one attached hydrogen (secondary N) is 1. The molecule has 1 aromatic heterocycles. The molecule has 134 valence electrons. The average molecular weight is 343 g/mol. The smallest absolute Gasteiger partial charge is 0.243 e. The van der Waals surface area contributed by atoms with Crippen LogP contribution < -0.4 is 10.1 Å². The van der Waals surface area contributed by atoms with Gasteiger partial charge in [0.2, 0.25) is 11.7 Å². The van der Waals surface area contributed by atoms with E-state index in [-0.39, 0.29) is 18.5 Å². The zero-order valence-electron chi connectivity index (χ0n) is 15.0. The molecular weight excluding hydrogens is 318 g/mol. The molecule has 1 aliphatic rings. The molecule has 0 bridgehead atoms. The van der Waals surface area contributed by atoms with Crippen LogP contribution in [0.2, 0.25) is 0 Å². The van der Waals surface area contributed by atoms with Crippen molar-refractivity contribution in [1.29, 1.82) is 0 Å². The van der Waals surface area contributed by atoms with Gasteiger partial charge in [0.05, 0.1) is 7.11 Å². The number of carbonyl (C=O) groups is 1. The van der Waals surface area contributed by atoms with Gasteiger partial charge in [-0.1, -0.05) is 38.8 Å². The predicted octanol–water partition coefficient (Wildman–Crippen LogP) is 2.29. The van der Waals surface area contributed by atoms with Crippen LogP contribution in [0.3, 0.4) is 0 Å². The number of nitrogens with zero attached hydrogens (tertiary/aromatic N) is 4. The Morgan fingerprint density at radius 2 is 2.20 bits per heavy atom. The number of hydrogen-bond acceptors (Lipinski definition) is 5. The molecule has 3 unspecified atom stereocenters. The Morgan fingerprint density at radius 3 is 3.00 bits per heavy atom. The van der Waals surface area contributed by atoms with Crippen molar-refractivity contribution in [3.8, 4) is 17.1 Å². The maximum atomic E-state index is 12.3. The van der Waals surface area contributed by atoms with Crippen molar-refractivity contribution in [2.75, 3.05) is 7.11 Å². The Morgan fingerprint density at radius 1 is 1.36 bits per heavy atom. The number of rotatable bonds is 5. The summed E-state index contributed by atoms with van der Waals surface area (Å²) < 4.78 is 5.20. The molecule has 25 heavy (non-hydrogen) atoms. The number of methoxy groups -OCH3 is 1. The van der Waals surface area contributed by atoms with E-state index < -0.39 is 0 Å². The first-order chi connectivity index (χ1) is 12.1. The fraction of sp³-hybridized carbons (Fsp3) is 0.556. The lowest BCUT2D eigenvalue weighted by Crippen LogP contribution is -2.45. The molecule has 1 saturated carbocycles. The second-order valence-electron chi connectivity index (χ2n) is 6.82. The number of aromatic nitrogens is 4. The molecule has 3 rings (SSSR count). The summed E-state index contributed by atoms with van der Waals surface area (Å²) in [5, 5.41) is 15.5. The molecule has 1 amide bonds. The molecule has 1 fully saturated rings. The molecule has 7 nitrogen and oxygen atoms in total. The summed E-state index contributed by atoms with van der Waals surface area (Å²) in [5.74, 6) is 2.27. The third-order valence-corrected chi connectivity index (χ3v) is 5.12. The molecule has 1 heterocycles. The van der Waals surface area contributed by atoms with Crippen LogP contribution in [-0.4, -0.2) is 39.3 Å². The van der Waals surface area contributed by atoms with Crippen molar-refractivity contribution in [2.45, 2.75) is 45.7 Å². The summed E-state index contributed by atoms with van der Waals surface area (Å²) in [6, 6.07) is 7.68. The Balaban J connectivity index is 1.62. The van der Waals surface area contributed by atoms with Gasteiger partial charge in [-0.2, -0.15) is 4.80 Å². The van der Waals surface area contributed by atoms with Gasteiger partial charge in [0.1, 0.15) is 12.3 Å². The van der Waals surface area contributed by atoms with E-state index in [9.17, 15) is 4.79 Å². The van der Waals surface area contributed by atoms with Gasteiger partial charge in [0.25, 0.3) is 0 Å². The maximum absolute atomic E-state index is 12.3. The molecule has 7 heteroatoms. The highest BCUT2D eigenvalue weighted by atomic mass is 16.5. The van der Waals surface area contributed by atoms with Gasteiger partial charge in [0.15, 0.2) is 0 Å². The molecule has 2 aromatic rings. The molecule has 1 aromatic carbocycles. The van der Waals surface area contributed by atoms with Crippen LogP contribution >= 0.6 is 0 Å². The van der Waals surface area contributed by atoms with Crippen LogP contribution in [0.15, 0.2) is 24.3 Å². The normalized spacial score (nSPS) is 23.2. The highest BCUT2D eigenvalue weighted by molar-refractivity contribution is 5.75. The van der Waals surface area contributed by atoms with Crippen LogP contribution in [0.4, 0.5) is 0 Å². The van der Waals surface area contributed by atoms with Gasteiger partial charge < -0.3 is 10.1 Å². The zero-order valence-corrected chi connectivity index (χ0v) is 15.0. The van der Waals surface area contributed by atoms with E-state index in [1.807, 2.05) is 24.3 Å². The van der Waals surface area contributed by atoms with Crippen LogP contribution in [0, 0.1) is 11.8 Å². The van der Waals surface area contributed by atoms with E-state index in [1.54, 1.807) is 7.11 Å². The fourth-order valence-electron chi connectivity index (χ4n) is 3.35. The third-order valence-electron chi connectivity index (χ3n) is 5.12. The summed E-state index contributed by atoms with van der Waals surface area (Å²) in [4.78, 5) is 13.7. The van der Waals surface area contributed by atoms with E-state index in [0.29, 0.717) is 17.7 Å². The first-order valence-corrected chi connectivity index (χ1v) is 8.78. The van der Waals surface area contributed by atoms with Gasteiger partial charge in [-0.05, 0) is 35.6 Å².